The van der Waals surface area contributed by atoms with Gasteiger partial charge in [0, 0.05) is 6.92 Å². The van der Waals surface area contributed by atoms with Crippen molar-refractivity contribution in [2.75, 3.05) is 0 Å². The summed E-state index contributed by atoms with van der Waals surface area (Å²) in [6.07, 6.45) is 0. The van der Waals surface area contributed by atoms with Gasteiger partial charge in [0.1, 0.15) is 0 Å². The van der Waals surface area contributed by atoms with E-state index in [-0.39, 0.29) is 5.78 Å². The summed E-state index contributed by atoms with van der Waals surface area (Å²) in [6.45, 7) is 1.44. The number of alkyl halides is 3. The number of carbonyl (C=O) groups is 1. The first-order valence-corrected chi connectivity index (χ1v) is 4.32. The lowest BCUT2D eigenvalue weighted by atomic mass is 10.3. The van der Waals surface area contributed by atoms with Crippen molar-refractivity contribution in [3.63, 3.8) is 0 Å². The second kappa shape index (κ2) is 3.29. The SMILES string of the molecule is CC(=O)c1ccc(C(Cl)(Cl)Cl)[nH]1. The van der Waals surface area contributed by atoms with Gasteiger partial charge in [-0.05, 0) is 12.1 Å². The van der Waals surface area contributed by atoms with E-state index in [4.69, 9.17) is 34.8 Å². The molecule has 1 aromatic rings. The maximum atomic E-state index is 10.8. The lowest BCUT2D eigenvalue weighted by molar-refractivity contribution is 0.101. The molecule has 0 saturated heterocycles. The van der Waals surface area contributed by atoms with Crippen molar-refractivity contribution in [2.24, 2.45) is 0 Å². The molecule has 0 bridgehead atoms. The van der Waals surface area contributed by atoms with Gasteiger partial charge in [0.2, 0.25) is 3.79 Å². The highest BCUT2D eigenvalue weighted by atomic mass is 35.6. The zero-order valence-electron chi connectivity index (χ0n) is 6.20. The lowest BCUT2D eigenvalue weighted by Crippen LogP contribution is -2.01. The van der Waals surface area contributed by atoms with Crippen LogP contribution in [0.1, 0.15) is 23.1 Å². The van der Waals surface area contributed by atoms with E-state index in [1.54, 1.807) is 12.1 Å². The zero-order valence-corrected chi connectivity index (χ0v) is 8.46. The van der Waals surface area contributed by atoms with Gasteiger partial charge in [-0.1, -0.05) is 34.8 Å². The van der Waals surface area contributed by atoms with Gasteiger partial charge < -0.3 is 4.98 Å². The third kappa shape index (κ3) is 2.16. The second-order valence-electron chi connectivity index (χ2n) is 2.34. The monoisotopic (exact) mass is 225 g/mol. The molecule has 0 saturated carbocycles. The molecule has 1 aromatic heterocycles. The van der Waals surface area contributed by atoms with E-state index in [0.29, 0.717) is 11.4 Å². The molecule has 0 spiro atoms. The first-order chi connectivity index (χ1) is 5.41. The number of aromatic amines is 1. The van der Waals surface area contributed by atoms with Crippen molar-refractivity contribution in [3.8, 4) is 0 Å². The summed E-state index contributed by atoms with van der Waals surface area (Å²) in [5.74, 6) is -0.0875. The van der Waals surface area contributed by atoms with Gasteiger partial charge in [0.25, 0.3) is 0 Å². The Labute approximate surface area is 84.8 Å². The van der Waals surface area contributed by atoms with Crippen LogP contribution in [0.4, 0.5) is 0 Å². The Kier molecular flexibility index (Phi) is 2.71. The molecule has 0 aliphatic carbocycles. The number of nitrogens with one attached hydrogen (secondary N) is 1. The molecule has 2 nitrogen and oxygen atoms in total. The Morgan fingerprint density at radius 2 is 2.00 bits per heavy atom. The minimum Gasteiger partial charge on any atom is -0.352 e. The van der Waals surface area contributed by atoms with Gasteiger partial charge in [-0.3, -0.25) is 4.79 Å². The quantitative estimate of drug-likeness (QED) is 0.579. The Morgan fingerprint density at radius 1 is 1.42 bits per heavy atom. The molecule has 66 valence electrons. The standard InChI is InChI=1S/C7H6Cl3NO/c1-4(12)5-2-3-6(11-5)7(8,9)10/h2-3,11H,1H3. The molecule has 0 aromatic carbocycles. The summed E-state index contributed by atoms with van der Waals surface area (Å²) < 4.78 is -1.49. The van der Waals surface area contributed by atoms with Gasteiger partial charge in [-0.2, -0.15) is 0 Å². The van der Waals surface area contributed by atoms with Gasteiger partial charge in [0.05, 0.1) is 11.4 Å². The highest BCUT2D eigenvalue weighted by molar-refractivity contribution is 6.66. The van der Waals surface area contributed by atoms with Crippen molar-refractivity contribution in [3.05, 3.63) is 23.5 Å². The smallest absolute Gasteiger partial charge is 0.230 e. The minimum atomic E-state index is -1.49. The van der Waals surface area contributed by atoms with E-state index in [1.807, 2.05) is 0 Å². The van der Waals surface area contributed by atoms with Gasteiger partial charge >= 0.3 is 0 Å². The number of aromatic nitrogens is 1. The first-order valence-electron chi connectivity index (χ1n) is 3.18. The number of halogens is 3. The molecular weight excluding hydrogens is 220 g/mol. The largest absolute Gasteiger partial charge is 0.352 e. The number of H-pyrrole nitrogens is 1. The topological polar surface area (TPSA) is 32.9 Å². The molecule has 12 heavy (non-hydrogen) atoms. The van der Waals surface area contributed by atoms with Crippen LogP contribution in [0.25, 0.3) is 0 Å². The van der Waals surface area contributed by atoms with Crippen molar-refractivity contribution in [2.45, 2.75) is 10.7 Å². The molecule has 0 aliphatic heterocycles. The van der Waals surface area contributed by atoms with E-state index >= 15 is 0 Å². The number of Topliss-reactive ketones (excluding diaryl/α,β-unsaturated/α-hetero) is 1. The van der Waals surface area contributed by atoms with Crippen LogP contribution < -0.4 is 0 Å². The van der Waals surface area contributed by atoms with E-state index in [9.17, 15) is 4.79 Å². The van der Waals surface area contributed by atoms with Crippen LogP contribution in [0.3, 0.4) is 0 Å². The summed E-state index contributed by atoms with van der Waals surface area (Å²) in [6, 6.07) is 3.16. The predicted molar refractivity (Wildman–Crippen MR) is 50.0 cm³/mol. The number of hydrogen-bond donors (Lipinski definition) is 1. The molecule has 1 N–H and O–H groups in total. The Bertz CT molecular complexity index is 300. The molecule has 0 fully saturated rings. The fraction of sp³-hybridized carbons (Fsp3) is 0.286. The molecule has 0 amide bonds. The molecule has 0 radical (unpaired) electrons. The maximum absolute atomic E-state index is 10.8. The van der Waals surface area contributed by atoms with Gasteiger partial charge in [-0.25, -0.2) is 0 Å². The van der Waals surface area contributed by atoms with Crippen LogP contribution in [0.2, 0.25) is 0 Å². The number of rotatable bonds is 1. The first kappa shape index (κ1) is 9.90. The highest BCUT2D eigenvalue weighted by Crippen LogP contribution is 2.37. The molecule has 0 unspecified atom stereocenters. The van der Waals surface area contributed by atoms with Gasteiger partial charge in [-0.15, -0.1) is 0 Å². The number of carbonyl (C=O) groups excluding carboxylic acids is 1. The summed E-state index contributed by atoms with van der Waals surface area (Å²) in [5, 5.41) is 0. The molecule has 1 rings (SSSR count). The maximum Gasteiger partial charge on any atom is 0.230 e. The number of hydrogen-bond acceptors (Lipinski definition) is 1. The van der Waals surface area contributed by atoms with Gasteiger partial charge in [0.15, 0.2) is 5.78 Å². The fourth-order valence-electron chi connectivity index (χ4n) is 0.766. The normalized spacial score (nSPS) is 11.7. The molecular formula is C7H6Cl3NO. The molecule has 5 heteroatoms. The van der Waals surface area contributed by atoms with E-state index < -0.39 is 3.79 Å². The fourth-order valence-corrected chi connectivity index (χ4v) is 1.10. The third-order valence-corrected chi connectivity index (χ3v) is 1.98. The summed E-state index contributed by atoms with van der Waals surface area (Å²) in [7, 11) is 0. The summed E-state index contributed by atoms with van der Waals surface area (Å²) >= 11 is 16.7. The highest BCUT2D eigenvalue weighted by Gasteiger charge is 2.24. The van der Waals surface area contributed by atoms with Crippen molar-refractivity contribution in [1.29, 1.82) is 0 Å². The average Bonchev–Trinajstić information content (AvgIpc) is 2.30. The average molecular weight is 226 g/mol. The van der Waals surface area contributed by atoms with Crippen molar-refractivity contribution >= 4 is 40.6 Å². The van der Waals surface area contributed by atoms with E-state index in [1.165, 1.54) is 6.92 Å². The summed E-state index contributed by atoms with van der Waals surface area (Å²) in [5.41, 5.74) is 0.842. The molecule has 1 heterocycles. The van der Waals surface area contributed by atoms with Crippen LogP contribution in [-0.4, -0.2) is 10.8 Å². The number of ketones is 1. The second-order valence-corrected chi connectivity index (χ2v) is 4.62. The predicted octanol–water partition coefficient (Wildman–Crippen LogP) is 3.04. The van der Waals surface area contributed by atoms with Crippen LogP contribution in [-0.2, 0) is 3.79 Å². The van der Waals surface area contributed by atoms with E-state index in [0.717, 1.165) is 0 Å². The molecule has 0 atom stereocenters. The van der Waals surface area contributed by atoms with E-state index in [2.05, 4.69) is 4.98 Å². The minimum absolute atomic E-state index is 0.0875. The van der Waals surface area contributed by atoms with Crippen molar-refractivity contribution in [1.82, 2.24) is 4.98 Å². The molecule has 0 aliphatic rings. The summed E-state index contributed by atoms with van der Waals surface area (Å²) in [4.78, 5) is 13.5. The van der Waals surface area contributed by atoms with Crippen molar-refractivity contribution < 1.29 is 4.79 Å². The van der Waals surface area contributed by atoms with Crippen LogP contribution in [0.15, 0.2) is 12.1 Å². The Hall–Kier alpha value is -0.180. The van der Waals surface area contributed by atoms with Crippen LogP contribution in [0.5, 0.6) is 0 Å². The Balaban J connectivity index is 3.00. The lowest BCUT2D eigenvalue weighted by Gasteiger charge is -2.06. The van der Waals surface area contributed by atoms with Crippen LogP contribution >= 0.6 is 34.8 Å². The zero-order chi connectivity index (χ0) is 9.35. The Morgan fingerprint density at radius 3 is 2.25 bits per heavy atom. The third-order valence-electron chi connectivity index (χ3n) is 1.37. The van der Waals surface area contributed by atoms with Crippen LogP contribution in [0, 0.1) is 0 Å².